The largest absolute Gasteiger partial charge is 0.506 e. The molecule has 0 saturated carbocycles. The number of aryl methyl sites for hydroxylation is 1. The first kappa shape index (κ1) is 17.5. The molecule has 1 amide bonds. The number of likely N-dealkylation sites (tertiary alicyclic amines) is 1. The Bertz CT molecular complexity index is 852. The predicted molar refractivity (Wildman–Crippen MR) is 93.7 cm³/mol. The molecule has 4 rings (SSSR count). The maximum Gasteiger partial charge on any atom is 0.326 e. The Kier molecular flexibility index (Phi) is 4.31. The van der Waals surface area contributed by atoms with Gasteiger partial charge in [0.2, 0.25) is 0 Å². The predicted octanol–water partition coefficient (Wildman–Crippen LogP) is 1.06. The molecule has 2 heterocycles. The van der Waals surface area contributed by atoms with Crippen LogP contribution in [0.25, 0.3) is 0 Å². The molecule has 0 unspecified atom stereocenters. The fraction of sp³-hybridized carbons (Fsp3) is 0.588. The number of benzene rings is 1. The number of carbonyl (C=O) groups excluding carboxylic acids is 1. The molecule has 0 bridgehead atoms. The highest BCUT2D eigenvalue weighted by atomic mass is 32.2. The Labute approximate surface area is 152 Å². The summed E-state index contributed by atoms with van der Waals surface area (Å²) in [5.41, 5.74) is 0.747. The number of carbonyl (C=O) groups is 1. The van der Waals surface area contributed by atoms with Crippen LogP contribution in [0.4, 0.5) is 10.1 Å². The molecule has 2 saturated heterocycles. The number of hydrogen-bond acceptors (Lipinski definition) is 5. The minimum atomic E-state index is -4.17. The molecule has 1 atom stereocenters. The molecule has 9 heteroatoms. The number of fused-ring (bicyclic) bond motifs is 1. The zero-order chi connectivity index (χ0) is 18.5. The fourth-order valence-corrected chi connectivity index (χ4v) is 5.51. The maximum absolute atomic E-state index is 15.2. The Morgan fingerprint density at radius 2 is 1.88 bits per heavy atom. The van der Waals surface area contributed by atoms with Gasteiger partial charge in [-0.3, -0.25) is 4.79 Å². The van der Waals surface area contributed by atoms with Crippen molar-refractivity contribution < 1.29 is 22.7 Å². The van der Waals surface area contributed by atoms with Crippen LogP contribution >= 0.6 is 0 Å². The minimum absolute atomic E-state index is 0.383. The van der Waals surface area contributed by atoms with Gasteiger partial charge in [-0.15, -0.1) is 0 Å². The van der Waals surface area contributed by atoms with Crippen LogP contribution in [0.5, 0.6) is 5.75 Å². The van der Waals surface area contributed by atoms with Crippen molar-refractivity contribution in [1.29, 1.82) is 0 Å². The first-order chi connectivity index (χ1) is 12.4. The summed E-state index contributed by atoms with van der Waals surface area (Å²) in [5.74, 6) is -1.92. The van der Waals surface area contributed by atoms with Gasteiger partial charge in [-0.05, 0) is 68.8 Å². The van der Waals surface area contributed by atoms with Gasteiger partial charge in [0.25, 0.3) is 5.91 Å². The van der Waals surface area contributed by atoms with E-state index in [0.29, 0.717) is 28.8 Å². The number of hydrogen-bond donors (Lipinski definition) is 2. The van der Waals surface area contributed by atoms with E-state index in [1.807, 2.05) is 4.72 Å². The molecule has 0 aromatic heterocycles. The smallest absolute Gasteiger partial charge is 0.326 e. The first-order valence-electron chi connectivity index (χ1n) is 8.97. The van der Waals surface area contributed by atoms with Gasteiger partial charge < -0.3 is 10.0 Å². The highest BCUT2D eigenvalue weighted by Crippen LogP contribution is 2.39. The van der Waals surface area contributed by atoms with Crippen LogP contribution in [0.15, 0.2) is 6.07 Å². The van der Waals surface area contributed by atoms with Crippen molar-refractivity contribution in [1.82, 2.24) is 9.62 Å². The number of phenols is 1. The summed E-state index contributed by atoms with van der Waals surface area (Å²) in [7, 11) is -4.17. The lowest BCUT2D eigenvalue weighted by Gasteiger charge is -2.26. The first-order valence-corrected chi connectivity index (χ1v) is 10.4. The molecular formula is C17H22FN3O4S. The topological polar surface area (TPSA) is 90.0 Å². The van der Waals surface area contributed by atoms with E-state index in [2.05, 4.69) is 4.90 Å². The van der Waals surface area contributed by atoms with E-state index in [1.54, 1.807) is 0 Å². The molecular weight excluding hydrogens is 361 g/mol. The van der Waals surface area contributed by atoms with E-state index in [1.165, 1.54) is 18.9 Å². The zero-order valence-electron chi connectivity index (χ0n) is 14.4. The second-order valence-corrected chi connectivity index (χ2v) is 8.80. The average molecular weight is 383 g/mol. The third-order valence-corrected chi connectivity index (χ3v) is 6.99. The molecule has 1 aromatic carbocycles. The van der Waals surface area contributed by atoms with Gasteiger partial charge in [-0.1, -0.05) is 0 Å². The van der Waals surface area contributed by atoms with Gasteiger partial charge in [0, 0.05) is 6.04 Å². The van der Waals surface area contributed by atoms with Crippen LogP contribution in [0.2, 0.25) is 0 Å². The van der Waals surface area contributed by atoms with Crippen LogP contribution in [0.1, 0.15) is 36.8 Å². The van der Waals surface area contributed by atoms with E-state index < -0.39 is 39.9 Å². The van der Waals surface area contributed by atoms with Gasteiger partial charge in [-0.2, -0.15) is 8.42 Å². The molecule has 2 aliphatic heterocycles. The van der Waals surface area contributed by atoms with Crippen LogP contribution < -0.4 is 9.03 Å². The summed E-state index contributed by atoms with van der Waals surface area (Å²) in [6.07, 6.45) is 5.22. The quantitative estimate of drug-likeness (QED) is 0.746. The van der Waals surface area contributed by atoms with Crippen molar-refractivity contribution in [3.05, 3.63) is 23.0 Å². The Balaban J connectivity index is 1.68. The van der Waals surface area contributed by atoms with E-state index in [0.717, 1.165) is 31.5 Å². The second-order valence-electron chi connectivity index (χ2n) is 7.21. The molecule has 2 fully saturated rings. The summed E-state index contributed by atoms with van der Waals surface area (Å²) in [6.45, 7) is 1.61. The lowest BCUT2D eigenvalue weighted by Crippen LogP contribution is -2.32. The molecule has 26 heavy (non-hydrogen) atoms. The van der Waals surface area contributed by atoms with E-state index in [4.69, 9.17) is 0 Å². The molecule has 1 aromatic rings. The van der Waals surface area contributed by atoms with Crippen LogP contribution in [-0.2, 0) is 27.8 Å². The van der Waals surface area contributed by atoms with Crippen molar-refractivity contribution in [2.45, 2.75) is 44.6 Å². The highest BCUT2D eigenvalue weighted by molar-refractivity contribution is 7.92. The van der Waals surface area contributed by atoms with Crippen molar-refractivity contribution in [3.63, 3.8) is 0 Å². The van der Waals surface area contributed by atoms with E-state index in [9.17, 15) is 18.3 Å². The summed E-state index contributed by atoms with van der Waals surface area (Å²) in [6, 6.07) is 1.84. The summed E-state index contributed by atoms with van der Waals surface area (Å²) >= 11 is 0. The monoisotopic (exact) mass is 383 g/mol. The van der Waals surface area contributed by atoms with Crippen LogP contribution in [0, 0.1) is 5.82 Å². The number of nitrogens with one attached hydrogen (secondary N) is 1. The molecule has 2 N–H and O–H groups in total. The second kappa shape index (κ2) is 6.38. The molecule has 0 spiro atoms. The highest BCUT2D eigenvalue weighted by Gasteiger charge is 2.39. The molecule has 7 nitrogen and oxygen atoms in total. The number of anilines is 1. The van der Waals surface area contributed by atoms with E-state index in [-0.39, 0.29) is 0 Å². The molecule has 3 aliphatic rings. The number of halogens is 1. The Morgan fingerprint density at radius 1 is 1.19 bits per heavy atom. The van der Waals surface area contributed by atoms with Gasteiger partial charge >= 0.3 is 10.2 Å². The molecule has 1 aliphatic carbocycles. The summed E-state index contributed by atoms with van der Waals surface area (Å²) in [4.78, 5) is 13.9. The lowest BCUT2D eigenvalue weighted by atomic mass is 10.0. The molecule has 142 valence electrons. The number of nitrogens with zero attached hydrogens (tertiary/aromatic N) is 2. The van der Waals surface area contributed by atoms with Crippen molar-refractivity contribution in [2.24, 2.45) is 0 Å². The third-order valence-electron chi connectivity index (χ3n) is 5.62. The summed E-state index contributed by atoms with van der Waals surface area (Å²) in [5, 5.41) is 10.3. The number of aromatic hydroxyl groups is 1. The molecule has 0 radical (unpaired) electrons. The standard InChI is InChI=1S/C17H22FN3O4S/c18-16-13-6-5-12(20-7-1-2-8-20)4-3-11(13)9-14(22)17(16)21-10-15(23)19-26(21,24)25/h9,12,22H,1-8,10H2,(H,19,23)/t12-/m0/s1. The van der Waals surface area contributed by atoms with Crippen LogP contribution in [-0.4, -0.2) is 50.0 Å². The van der Waals surface area contributed by atoms with Crippen molar-refractivity contribution in [3.8, 4) is 5.75 Å². The fourth-order valence-electron chi connectivity index (χ4n) is 4.34. The third kappa shape index (κ3) is 2.92. The number of amides is 1. The van der Waals surface area contributed by atoms with Gasteiger partial charge in [-0.25, -0.2) is 13.4 Å². The SMILES string of the molecule is O=C1CN(c2c(O)cc3c(c2F)CC[C@@H](N2CCCC2)CC3)S(=O)(=O)N1. The van der Waals surface area contributed by atoms with Crippen LogP contribution in [0.3, 0.4) is 0 Å². The average Bonchev–Trinajstić information content (AvgIpc) is 3.11. The normalized spacial score (nSPS) is 25.8. The zero-order valence-corrected chi connectivity index (χ0v) is 15.2. The van der Waals surface area contributed by atoms with Gasteiger partial charge in [0.1, 0.15) is 18.0 Å². The summed E-state index contributed by atoms with van der Waals surface area (Å²) < 4.78 is 41.7. The minimum Gasteiger partial charge on any atom is -0.506 e. The van der Waals surface area contributed by atoms with Gasteiger partial charge in [0.15, 0.2) is 5.82 Å². The van der Waals surface area contributed by atoms with Gasteiger partial charge in [0.05, 0.1) is 0 Å². The van der Waals surface area contributed by atoms with Crippen molar-refractivity contribution in [2.75, 3.05) is 23.9 Å². The number of phenolic OH excluding ortho intramolecular Hbond substituents is 1. The maximum atomic E-state index is 15.2. The van der Waals surface area contributed by atoms with E-state index >= 15 is 4.39 Å². The Morgan fingerprint density at radius 3 is 2.54 bits per heavy atom. The Hall–Kier alpha value is -1.87. The lowest BCUT2D eigenvalue weighted by molar-refractivity contribution is -0.117. The number of rotatable bonds is 2. The van der Waals surface area contributed by atoms with Crippen molar-refractivity contribution >= 4 is 21.8 Å².